The maximum Gasteiger partial charge on any atom is 0.282 e. The first-order valence-electron chi connectivity index (χ1n) is 9.75. The van der Waals surface area contributed by atoms with E-state index in [2.05, 4.69) is 5.32 Å². The van der Waals surface area contributed by atoms with Crippen LogP contribution < -0.4 is 24.4 Å². The molecule has 0 saturated carbocycles. The van der Waals surface area contributed by atoms with Crippen LogP contribution in [0.5, 0.6) is 17.2 Å². The summed E-state index contributed by atoms with van der Waals surface area (Å²) in [4.78, 5) is 27.7. The predicted octanol–water partition coefficient (Wildman–Crippen LogP) is 3.96. The minimum absolute atomic E-state index is 0.0725. The van der Waals surface area contributed by atoms with E-state index in [1.165, 1.54) is 25.3 Å². The molecule has 5 rings (SSSR count). The van der Waals surface area contributed by atoms with Crippen molar-refractivity contribution in [3.63, 3.8) is 0 Å². The van der Waals surface area contributed by atoms with Gasteiger partial charge in [-0.05, 0) is 48.0 Å². The van der Waals surface area contributed by atoms with Crippen molar-refractivity contribution in [2.75, 3.05) is 24.1 Å². The fourth-order valence-corrected chi connectivity index (χ4v) is 3.64. The number of nitrogens with one attached hydrogen (secondary N) is 1. The third-order valence-electron chi connectivity index (χ3n) is 5.17. The number of ether oxygens (including phenoxy) is 3. The summed E-state index contributed by atoms with van der Waals surface area (Å²) in [5.41, 5.74) is 1.44. The van der Waals surface area contributed by atoms with E-state index >= 15 is 0 Å². The number of benzene rings is 3. The van der Waals surface area contributed by atoms with Crippen LogP contribution in [0.2, 0.25) is 0 Å². The lowest BCUT2D eigenvalue weighted by Gasteiger charge is -2.15. The molecular weight excluding hydrogens is 415 g/mol. The summed E-state index contributed by atoms with van der Waals surface area (Å²) >= 11 is 0. The lowest BCUT2D eigenvalue weighted by molar-refractivity contribution is -0.120. The second-order valence-electron chi connectivity index (χ2n) is 7.10. The van der Waals surface area contributed by atoms with Gasteiger partial charge in [-0.25, -0.2) is 9.29 Å². The summed E-state index contributed by atoms with van der Waals surface area (Å²) in [5, 5.41) is 3.05. The largest absolute Gasteiger partial charge is 0.497 e. The van der Waals surface area contributed by atoms with E-state index < -0.39 is 17.6 Å². The highest BCUT2D eigenvalue weighted by molar-refractivity contribution is 6.46. The molecule has 32 heavy (non-hydrogen) atoms. The second-order valence-corrected chi connectivity index (χ2v) is 7.10. The van der Waals surface area contributed by atoms with Crippen molar-refractivity contribution in [2.24, 2.45) is 0 Å². The number of carbonyl (C=O) groups is 2. The van der Waals surface area contributed by atoms with Crippen molar-refractivity contribution in [1.29, 1.82) is 0 Å². The third-order valence-corrected chi connectivity index (χ3v) is 5.17. The molecule has 1 N–H and O–H groups in total. The first kappa shape index (κ1) is 19.6. The van der Waals surface area contributed by atoms with Crippen LogP contribution in [0.4, 0.5) is 15.8 Å². The lowest BCUT2D eigenvalue weighted by Crippen LogP contribution is -2.32. The van der Waals surface area contributed by atoms with Gasteiger partial charge in [-0.1, -0.05) is 18.2 Å². The van der Waals surface area contributed by atoms with Gasteiger partial charge in [0.15, 0.2) is 11.5 Å². The quantitative estimate of drug-likeness (QED) is 0.615. The van der Waals surface area contributed by atoms with E-state index in [1.54, 1.807) is 42.5 Å². The number of hydrogen-bond acceptors (Lipinski definition) is 6. The van der Waals surface area contributed by atoms with E-state index in [4.69, 9.17) is 14.2 Å². The van der Waals surface area contributed by atoms with Crippen LogP contribution in [0.3, 0.4) is 0 Å². The molecule has 2 heterocycles. The Balaban J connectivity index is 1.59. The zero-order valence-electron chi connectivity index (χ0n) is 16.9. The lowest BCUT2D eigenvalue weighted by atomic mass is 10.0. The molecule has 0 spiro atoms. The standard InChI is InChI=1S/C24H17FN2O5/c1-30-18-8-5-14(6-9-18)21-22(26-16-7-10-19-20(12-16)32-13-31-19)24(29)27(23(21)28)17-4-2-3-15(25)11-17/h2-12,26H,13H2,1H3. The Morgan fingerprint density at radius 3 is 2.47 bits per heavy atom. The molecule has 2 aliphatic heterocycles. The molecule has 0 aromatic heterocycles. The molecular formula is C24H17FN2O5. The third kappa shape index (κ3) is 3.31. The highest BCUT2D eigenvalue weighted by atomic mass is 19.1. The van der Waals surface area contributed by atoms with Crippen LogP contribution in [0, 0.1) is 5.82 Å². The Morgan fingerprint density at radius 1 is 0.938 bits per heavy atom. The average molecular weight is 432 g/mol. The molecule has 2 amide bonds. The number of rotatable bonds is 5. The molecule has 8 heteroatoms. The van der Waals surface area contributed by atoms with E-state index in [-0.39, 0.29) is 23.8 Å². The molecule has 7 nitrogen and oxygen atoms in total. The summed E-state index contributed by atoms with van der Waals surface area (Å²) in [6.07, 6.45) is 0. The normalized spacial score (nSPS) is 14.9. The topological polar surface area (TPSA) is 77.1 Å². The number of methoxy groups -OCH3 is 1. The van der Waals surface area contributed by atoms with Crippen molar-refractivity contribution in [3.05, 3.63) is 83.8 Å². The van der Waals surface area contributed by atoms with E-state index in [9.17, 15) is 14.0 Å². The molecule has 3 aromatic rings. The van der Waals surface area contributed by atoms with Crippen LogP contribution in [0.1, 0.15) is 5.56 Å². The number of amides is 2. The molecule has 2 aliphatic rings. The van der Waals surface area contributed by atoms with Gasteiger partial charge in [-0.15, -0.1) is 0 Å². The summed E-state index contributed by atoms with van der Waals surface area (Å²) in [6.45, 7) is 0.114. The van der Waals surface area contributed by atoms with Crippen LogP contribution >= 0.6 is 0 Å². The first-order valence-corrected chi connectivity index (χ1v) is 9.75. The Kier molecular flexibility index (Phi) is 4.74. The molecule has 0 unspecified atom stereocenters. The van der Waals surface area contributed by atoms with Crippen LogP contribution in [0.25, 0.3) is 5.57 Å². The predicted molar refractivity (Wildman–Crippen MR) is 115 cm³/mol. The molecule has 0 bridgehead atoms. The van der Waals surface area contributed by atoms with Crippen molar-refractivity contribution in [2.45, 2.75) is 0 Å². The SMILES string of the molecule is COc1ccc(C2=C(Nc3ccc4c(c3)OCO4)C(=O)N(c3cccc(F)c3)C2=O)cc1. The molecule has 0 saturated heterocycles. The van der Waals surface area contributed by atoms with Crippen molar-refractivity contribution in [1.82, 2.24) is 0 Å². The van der Waals surface area contributed by atoms with Gasteiger partial charge < -0.3 is 19.5 Å². The number of imide groups is 1. The fourth-order valence-electron chi connectivity index (χ4n) is 3.64. The van der Waals surface area contributed by atoms with E-state index in [0.29, 0.717) is 28.5 Å². The Bertz CT molecular complexity index is 1270. The average Bonchev–Trinajstić information content (AvgIpc) is 3.36. The number of nitrogens with zero attached hydrogens (tertiary/aromatic N) is 1. The minimum Gasteiger partial charge on any atom is -0.497 e. The number of hydrogen-bond donors (Lipinski definition) is 1. The molecule has 0 aliphatic carbocycles. The fraction of sp³-hybridized carbons (Fsp3) is 0.0833. The van der Waals surface area contributed by atoms with E-state index in [0.717, 1.165) is 11.0 Å². The maximum absolute atomic E-state index is 13.8. The number of halogens is 1. The van der Waals surface area contributed by atoms with Gasteiger partial charge in [0.2, 0.25) is 6.79 Å². The van der Waals surface area contributed by atoms with Gasteiger partial charge in [0.1, 0.15) is 17.3 Å². The molecule has 0 fully saturated rings. The van der Waals surface area contributed by atoms with Gasteiger partial charge >= 0.3 is 0 Å². The van der Waals surface area contributed by atoms with Crippen LogP contribution in [-0.2, 0) is 9.59 Å². The van der Waals surface area contributed by atoms with Crippen molar-refractivity contribution >= 4 is 28.8 Å². The maximum atomic E-state index is 13.8. The molecule has 0 radical (unpaired) electrons. The van der Waals surface area contributed by atoms with Gasteiger partial charge in [0.05, 0.1) is 18.4 Å². The summed E-state index contributed by atoms with van der Waals surface area (Å²) in [6, 6.07) is 17.2. The second kappa shape index (κ2) is 7.73. The van der Waals surface area contributed by atoms with Gasteiger partial charge in [0, 0.05) is 11.8 Å². The molecule has 160 valence electrons. The zero-order chi connectivity index (χ0) is 22.2. The van der Waals surface area contributed by atoms with Gasteiger partial charge in [0.25, 0.3) is 11.8 Å². The van der Waals surface area contributed by atoms with Crippen LogP contribution in [-0.4, -0.2) is 25.7 Å². The van der Waals surface area contributed by atoms with E-state index in [1.807, 2.05) is 0 Å². The van der Waals surface area contributed by atoms with Crippen LogP contribution in [0.15, 0.2) is 72.4 Å². The smallest absolute Gasteiger partial charge is 0.282 e. The number of anilines is 2. The van der Waals surface area contributed by atoms with Crippen molar-refractivity contribution < 1.29 is 28.2 Å². The number of fused-ring (bicyclic) bond motifs is 1. The highest BCUT2D eigenvalue weighted by Gasteiger charge is 2.40. The zero-order valence-corrected chi connectivity index (χ0v) is 16.9. The number of carbonyl (C=O) groups excluding carboxylic acids is 2. The monoisotopic (exact) mass is 432 g/mol. The molecule has 3 aromatic carbocycles. The molecule has 0 atom stereocenters. The van der Waals surface area contributed by atoms with Crippen molar-refractivity contribution in [3.8, 4) is 17.2 Å². The first-order chi connectivity index (χ1) is 15.5. The van der Waals surface area contributed by atoms with Gasteiger partial charge in [-0.3, -0.25) is 9.59 Å². The summed E-state index contributed by atoms with van der Waals surface area (Å²) in [7, 11) is 1.54. The minimum atomic E-state index is -0.593. The van der Waals surface area contributed by atoms with Gasteiger partial charge in [-0.2, -0.15) is 0 Å². The Morgan fingerprint density at radius 2 is 1.72 bits per heavy atom. The Labute approximate surface area is 182 Å². The summed E-state index contributed by atoms with van der Waals surface area (Å²) < 4.78 is 29.7. The summed E-state index contributed by atoms with van der Waals surface area (Å²) in [5.74, 6) is 0.0261. The highest BCUT2D eigenvalue weighted by Crippen LogP contribution is 2.38. The Hall–Kier alpha value is -4.33.